The van der Waals surface area contributed by atoms with Crippen molar-refractivity contribution in [3.05, 3.63) is 29.8 Å². The second-order valence-electron chi connectivity index (χ2n) is 4.83. The molecule has 0 saturated heterocycles. The van der Waals surface area contributed by atoms with Crippen LogP contribution in [-0.4, -0.2) is 44.0 Å². The van der Waals surface area contributed by atoms with Crippen LogP contribution >= 0.6 is 0 Å². The lowest BCUT2D eigenvalue weighted by molar-refractivity contribution is -0.145. The Hall–Kier alpha value is -2.02. The standard InChI is InChI=1S/C14H18F2N2O3/c1-9(14(20)21-3)7-18(2)8-13(19)17-12-5-10(15)4-11(16)6-12/h4-6,9H,7-8H2,1-3H3,(H,17,19). The van der Waals surface area contributed by atoms with E-state index in [1.807, 2.05) is 0 Å². The lowest BCUT2D eigenvalue weighted by Crippen LogP contribution is -2.35. The molecule has 1 rings (SSSR count). The molecule has 1 aromatic rings. The van der Waals surface area contributed by atoms with Gasteiger partial charge in [0.05, 0.1) is 19.6 Å². The normalized spacial score (nSPS) is 12.1. The van der Waals surface area contributed by atoms with Crippen LogP contribution in [0.1, 0.15) is 6.92 Å². The molecule has 21 heavy (non-hydrogen) atoms. The lowest BCUT2D eigenvalue weighted by Gasteiger charge is -2.19. The average Bonchev–Trinajstić information content (AvgIpc) is 2.35. The van der Waals surface area contributed by atoms with Gasteiger partial charge in [0.2, 0.25) is 5.91 Å². The third kappa shape index (κ3) is 5.86. The number of methoxy groups -OCH3 is 1. The highest BCUT2D eigenvalue weighted by Gasteiger charge is 2.17. The number of benzene rings is 1. The van der Waals surface area contributed by atoms with E-state index in [2.05, 4.69) is 10.1 Å². The van der Waals surface area contributed by atoms with Gasteiger partial charge in [0.1, 0.15) is 11.6 Å². The highest BCUT2D eigenvalue weighted by molar-refractivity contribution is 5.92. The minimum atomic E-state index is -0.766. The lowest BCUT2D eigenvalue weighted by atomic mass is 10.2. The highest BCUT2D eigenvalue weighted by Crippen LogP contribution is 2.12. The van der Waals surface area contributed by atoms with Crippen LogP contribution in [0.15, 0.2) is 18.2 Å². The fourth-order valence-corrected chi connectivity index (χ4v) is 1.88. The van der Waals surface area contributed by atoms with Gasteiger partial charge in [-0.2, -0.15) is 0 Å². The number of hydrogen-bond donors (Lipinski definition) is 1. The maximum absolute atomic E-state index is 13.0. The number of rotatable bonds is 6. The summed E-state index contributed by atoms with van der Waals surface area (Å²) in [6.45, 7) is 2.00. The van der Waals surface area contributed by atoms with Gasteiger partial charge in [-0.05, 0) is 19.2 Å². The zero-order chi connectivity index (χ0) is 16.0. The average molecular weight is 300 g/mol. The SMILES string of the molecule is COC(=O)C(C)CN(C)CC(=O)Nc1cc(F)cc(F)c1. The van der Waals surface area contributed by atoms with Gasteiger partial charge >= 0.3 is 5.97 Å². The first-order valence-corrected chi connectivity index (χ1v) is 6.34. The van der Waals surface area contributed by atoms with Crippen molar-refractivity contribution in [3.63, 3.8) is 0 Å². The molecule has 0 aliphatic rings. The van der Waals surface area contributed by atoms with Crippen LogP contribution in [0.3, 0.4) is 0 Å². The van der Waals surface area contributed by atoms with Gasteiger partial charge in [-0.1, -0.05) is 6.92 Å². The molecule has 0 radical (unpaired) electrons. The first-order chi connectivity index (χ1) is 9.81. The molecule has 1 unspecified atom stereocenters. The van der Waals surface area contributed by atoms with Crippen molar-refractivity contribution < 1.29 is 23.1 Å². The Morgan fingerprint density at radius 1 is 1.29 bits per heavy atom. The number of halogens is 2. The number of anilines is 1. The smallest absolute Gasteiger partial charge is 0.309 e. The molecule has 7 heteroatoms. The summed E-state index contributed by atoms with van der Waals surface area (Å²) in [7, 11) is 2.95. The Labute approximate surface area is 121 Å². The molecule has 0 aliphatic heterocycles. The van der Waals surface area contributed by atoms with E-state index >= 15 is 0 Å². The Balaban J connectivity index is 2.51. The van der Waals surface area contributed by atoms with Gasteiger partial charge < -0.3 is 10.1 Å². The second kappa shape index (κ2) is 7.68. The van der Waals surface area contributed by atoms with Gasteiger partial charge in [-0.25, -0.2) is 8.78 Å². The van der Waals surface area contributed by atoms with Crippen molar-refractivity contribution in [1.29, 1.82) is 0 Å². The summed E-state index contributed by atoms with van der Waals surface area (Å²) in [5.74, 6) is -2.70. The Morgan fingerprint density at radius 2 is 1.86 bits per heavy atom. The number of amides is 1. The number of carbonyl (C=O) groups is 2. The van der Waals surface area contributed by atoms with Gasteiger partial charge in [0, 0.05) is 18.3 Å². The molecule has 0 heterocycles. The minimum absolute atomic E-state index is 0.0144. The van der Waals surface area contributed by atoms with Crippen molar-refractivity contribution >= 4 is 17.6 Å². The quantitative estimate of drug-likeness (QED) is 0.812. The summed E-state index contributed by atoms with van der Waals surface area (Å²) in [6, 6.07) is 2.77. The number of likely N-dealkylation sites (N-methyl/N-ethyl adjacent to an activating group) is 1. The highest BCUT2D eigenvalue weighted by atomic mass is 19.1. The van der Waals surface area contributed by atoms with Gasteiger partial charge in [0.15, 0.2) is 0 Å². The molecule has 1 aromatic carbocycles. The number of esters is 1. The van der Waals surface area contributed by atoms with Gasteiger partial charge in [-0.3, -0.25) is 14.5 Å². The Bertz CT molecular complexity index is 503. The summed E-state index contributed by atoms with van der Waals surface area (Å²) in [5, 5.41) is 2.39. The number of carbonyl (C=O) groups excluding carboxylic acids is 2. The van der Waals surface area contributed by atoms with Crippen LogP contribution in [-0.2, 0) is 14.3 Å². The summed E-state index contributed by atoms with van der Waals surface area (Å²) in [4.78, 5) is 24.6. The van der Waals surface area contributed by atoms with Crippen molar-refractivity contribution in [2.45, 2.75) is 6.92 Å². The maximum Gasteiger partial charge on any atom is 0.309 e. The fraction of sp³-hybridized carbons (Fsp3) is 0.429. The number of nitrogens with zero attached hydrogens (tertiary/aromatic N) is 1. The molecule has 1 amide bonds. The molecular weight excluding hydrogens is 282 g/mol. The van der Waals surface area contributed by atoms with Crippen molar-refractivity contribution in [3.8, 4) is 0 Å². The zero-order valence-corrected chi connectivity index (χ0v) is 12.2. The van der Waals surface area contributed by atoms with Crippen LogP contribution in [0.5, 0.6) is 0 Å². The van der Waals surface area contributed by atoms with E-state index < -0.39 is 17.5 Å². The van der Waals surface area contributed by atoms with Crippen LogP contribution in [0.4, 0.5) is 14.5 Å². The number of nitrogens with one attached hydrogen (secondary N) is 1. The van der Waals surface area contributed by atoms with Crippen LogP contribution in [0, 0.1) is 17.6 Å². The molecular formula is C14H18F2N2O3. The molecule has 0 spiro atoms. The molecule has 0 aromatic heterocycles. The largest absolute Gasteiger partial charge is 0.469 e. The van der Waals surface area contributed by atoms with E-state index in [-0.39, 0.29) is 24.1 Å². The second-order valence-corrected chi connectivity index (χ2v) is 4.83. The third-order valence-electron chi connectivity index (χ3n) is 2.75. The van der Waals surface area contributed by atoms with Crippen molar-refractivity contribution in [1.82, 2.24) is 4.90 Å². The monoisotopic (exact) mass is 300 g/mol. The number of ether oxygens (including phenoxy) is 1. The summed E-state index contributed by atoms with van der Waals surface area (Å²) in [5.41, 5.74) is 0.0481. The fourth-order valence-electron chi connectivity index (χ4n) is 1.88. The minimum Gasteiger partial charge on any atom is -0.469 e. The predicted molar refractivity (Wildman–Crippen MR) is 73.7 cm³/mol. The summed E-state index contributed by atoms with van der Waals surface area (Å²) in [6.07, 6.45) is 0. The topological polar surface area (TPSA) is 58.6 Å². The molecule has 0 saturated carbocycles. The van der Waals surface area contributed by atoms with Crippen LogP contribution < -0.4 is 5.32 Å². The zero-order valence-electron chi connectivity index (χ0n) is 12.2. The molecule has 1 N–H and O–H groups in total. The Kier molecular flexibility index (Phi) is 6.23. The predicted octanol–water partition coefficient (Wildman–Crippen LogP) is 1.64. The Morgan fingerprint density at radius 3 is 2.38 bits per heavy atom. The van der Waals surface area contributed by atoms with Crippen LogP contribution in [0.2, 0.25) is 0 Å². The van der Waals surface area contributed by atoms with E-state index in [9.17, 15) is 18.4 Å². The van der Waals surface area contributed by atoms with Gasteiger partial charge in [0.25, 0.3) is 0 Å². The third-order valence-corrected chi connectivity index (χ3v) is 2.75. The first kappa shape index (κ1) is 17.0. The van der Waals surface area contributed by atoms with Crippen molar-refractivity contribution in [2.24, 2.45) is 5.92 Å². The van der Waals surface area contributed by atoms with E-state index in [0.717, 1.165) is 18.2 Å². The van der Waals surface area contributed by atoms with Crippen molar-refractivity contribution in [2.75, 3.05) is 32.6 Å². The summed E-state index contributed by atoms with van der Waals surface area (Å²) < 4.78 is 30.6. The molecule has 1 atom stereocenters. The van der Waals surface area contributed by atoms with E-state index in [4.69, 9.17) is 0 Å². The first-order valence-electron chi connectivity index (χ1n) is 6.34. The molecule has 116 valence electrons. The van der Waals surface area contributed by atoms with Gasteiger partial charge in [-0.15, -0.1) is 0 Å². The number of hydrogen-bond acceptors (Lipinski definition) is 4. The molecule has 0 bridgehead atoms. The van der Waals surface area contributed by atoms with E-state index in [1.54, 1.807) is 18.9 Å². The molecule has 5 nitrogen and oxygen atoms in total. The summed E-state index contributed by atoms with van der Waals surface area (Å²) >= 11 is 0. The molecule has 0 aliphatic carbocycles. The van der Waals surface area contributed by atoms with E-state index in [1.165, 1.54) is 7.11 Å². The maximum atomic E-state index is 13.0. The molecule has 0 fully saturated rings. The van der Waals surface area contributed by atoms with Crippen LogP contribution in [0.25, 0.3) is 0 Å². The van der Waals surface area contributed by atoms with E-state index in [0.29, 0.717) is 6.54 Å².